The van der Waals surface area contributed by atoms with Crippen molar-refractivity contribution < 1.29 is 4.92 Å². The van der Waals surface area contributed by atoms with Crippen LogP contribution < -0.4 is 11.3 Å². The highest BCUT2D eigenvalue weighted by Crippen LogP contribution is 2.35. The zero-order chi connectivity index (χ0) is 18.2. The molecule has 3 aromatic carbocycles. The van der Waals surface area contributed by atoms with Gasteiger partial charge in [0.15, 0.2) is 5.52 Å². The molecule has 0 atom stereocenters. The molecule has 0 aliphatic rings. The predicted molar refractivity (Wildman–Crippen MR) is 104 cm³/mol. The number of nitro benzene ring substituents is 1. The van der Waals surface area contributed by atoms with Gasteiger partial charge >= 0.3 is 0 Å². The number of nitrogens with two attached hydrogens (primary N) is 1. The Hall–Kier alpha value is -3.26. The van der Waals surface area contributed by atoms with Crippen molar-refractivity contribution in [3.05, 3.63) is 67.4 Å². The molecular formula is C18H9BrN4O3. The molecule has 26 heavy (non-hydrogen) atoms. The molecule has 2 heterocycles. The highest BCUT2D eigenvalue weighted by atomic mass is 79.9. The van der Waals surface area contributed by atoms with Crippen LogP contribution in [0.3, 0.4) is 0 Å². The van der Waals surface area contributed by atoms with Crippen molar-refractivity contribution in [2.75, 3.05) is 5.73 Å². The Morgan fingerprint density at radius 2 is 1.88 bits per heavy atom. The highest BCUT2D eigenvalue weighted by Gasteiger charge is 2.22. The van der Waals surface area contributed by atoms with Crippen LogP contribution in [0.2, 0.25) is 0 Å². The van der Waals surface area contributed by atoms with Crippen LogP contribution in [0.5, 0.6) is 0 Å². The molecule has 126 valence electrons. The molecule has 0 fully saturated rings. The molecule has 0 aliphatic heterocycles. The van der Waals surface area contributed by atoms with E-state index in [1.54, 1.807) is 12.1 Å². The minimum Gasteiger partial charge on any atom is -0.398 e. The third-order valence-corrected chi connectivity index (χ3v) is 5.31. The Balaban J connectivity index is 2.17. The van der Waals surface area contributed by atoms with E-state index >= 15 is 0 Å². The summed E-state index contributed by atoms with van der Waals surface area (Å²) in [6, 6.07) is 12.0. The number of pyridine rings is 1. The number of aromatic nitrogens is 2. The molecule has 0 radical (unpaired) electrons. The number of imidazole rings is 1. The number of anilines is 1. The van der Waals surface area contributed by atoms with Crippen LogP contribution in [0.1, 0.15) is 0 Å². The fourth-order valence-electron chi connectivity index (χ4n) is 3.56. The topological polar surface area (TPSA) is 104 Å². The van der Waals surface area contributed by atoms with Gasteiger partial charge in [0.1, 0.15) is 5.65 Å². The first-order chi connectivity index (χ1) is 12.5. The lowest BCUT2D eigenvalue weighted by Crippen LogP contribution is -2.13. The number of benzene rings is 3. The van der Waals surface area contributed by atoms with Crippen LogP contribution in [-0.4, -0.2) is 14.3 Å². The Kier molecular flexibility index (Phi) is 2.83. The van der Waals surface area contributed by atoms with Crippen LogP contribution >= 0.6 is 15.9 Å². The number of hydrogen-bond acceptors (Lipinski definition) is 5. The lowest BCUT2D eigenvalue weighted by Gasteiger charge is -2.08. The Morgan fingerprint density at radius 1 is 1.12 bits per heavy atom. The third kappa shape index (κ3) is 1.76. The molecule has 0 unspecified atom stereocenters. The van der Waals surface area contributed by atoms with Gasteiger partial charge in [0.25, 0.3) is 11.2 Å². The number of non-ortho nitro benzene ring substituents is 1. The van der Waals surface area contributed by atoms with Crippen LogP contribution in [0.25, 0.3) is 38.2 Å². The average molecular weight is 409 g/mol. The normalized spacial score (nSPS) is 11.9. The molecule has 0 aliphatic carbocycles. The molecule has 5 rings (SSSR count). The Bertz CT molecular complexity index is 1460. The lowest BCUT2D eigenvalue weighted by atomic mass is 10.0. The van der Waals surface area contributed by atoms with E-state index in [0.717, 1.165) is 20.6 Å². The molecule has 5 aromatic rings. The Morgan fingerprint density at radius 3 is 2.65 bits per heavy atom. The van der Waals surface area contributed by atoms with Crippen molar-refractivity contribution in [1.29, 1.82) is 0 Å². The van der Waals surface area contributed by atoms with Gasteiger partial charge in [0.2, 0.25) is 0 Å². The summed E-state index contributed by atoms with van der Waals surface area (Å²) in [5.41, 5.74) is 6.41. The fraction of sp³-hybridized carbons (Fsp3) is 0. The van der Waals surface area contributed by atoms with Crippen molar-refractivity contribution in [2.45, 2.75) is 0 Å². The largest absolute Gasteiger partial charge is 0.398 e. The molecule has 7 nitrogen and oxygen atoms in total. The van der Waals surface area contributed by atoms with Crippen LogP contribution in [0, 0.1) is 10.1 Å². The number of rotatable bonds is 1. The summed E-state index contributed by atoms with van der Waals surface area (Å²) in [4.78, 5) is 28.5. The highest BCUT2D eigenvalue weighted by molar-refractivity contribution is 9.10. The van der Waals surface area contributed by atoms with Crippen molar-refractivity contribution >= 4 is 65.5 Å². The van der Waals surface area contributed by atoms with Crippen molar-refractivity contribution in [3.8, 4) is 0 Å². The SMILES string of the molecule is Nc1cc([N+](=O)[O-])c2nc3c4cccc5c(Br)ccc(c(=O)n3c2c1)c54. The van der Waals surface area contributed by atoms with Crippen molar-refractivity contribution in [1.82, 2.24) is 9.38 Å². The summed E-state index contributed by atoms with van der Waals surface area (Å²) in [5, 5.41) is 14.4. The first-order valence-electron chi connectivity index (χ1n) is 7.70. The predicted octanol–water partition coefficient (Wildman–Crippen LogP) is 3.84. The van der Waals surface area contributed by atoms with Gasteiger partial charge in [0, 0.05) is 32.4 Å². The van der Waals surface area contributed by atoms with Crippen LogP contribution in [0.4, 0.5) is 11.4 Å². The van der Waals surface area contributed by atoms with Gasteiger partial charge in [-0.15, -0.1) is 0 Å². The van der Waals surface area contributed by atoms with E-state index in [1.807, 2.05) is 24.3 Å². The summed E-state index contributed by atoms with van der Waals surface area (Å²) in [5.74, 6) is 0. The second-order valence-electron chi connectivity index (χ2n) is 6.06. The van der Waals surface area contributed by atoms with Gasteiger partial charge in [0.05, 0.1) is 10.4 Å². The second kappa shape index (κ2) is 4.89. The zero-order valence-electron chi connectivity index (χ0n) is 13.1. The third-order valence-electron chi connectivity index (χ3n) is 4.62. The maximum atomic E-state index is 13.2. The number of nitrogen functional groups attached to an aromatic ring is 1. The van der Waals surface area contributed by atoms with E-state index in [1.165, 1.54) is 10.5 Å². The molecule has 2 aromatic heterocycles. The van der Waals surface area contributed by atoms with E-state index in [-0.39, 0.29) is 22.5 Å². The summed E-state index contributed by atoms with van der Waals surface area (Å²) in [6.45, 7) is 0. The van der Waals surface area contributed by atoms with Gasteiger partial charge in [-0.3, -0.25) is 19.3 Å². The summed E-state index contributed by atoms with van der Waals surface area (Å²) < 4.78 is 2.27. The lowest BCUT2D eigenvalue weighted by molar-refractivity contribution is -0.383. The first-order valence-corrected chi connectivity index (χ1v) is 8.49. The first kappa shape index (κ1) is 15.0. The summed E-state index contributed by atoms with van der Waals surface area (Å²) in [7, 11) is 0. The zero-order valence-corrected chi connectivity index (χ0v) is 14.6. The van der Waals surface area contributed by atoms with Crippen molar-refractivity contribution in [3.63, 3.8) is 0 Å². The molecular weight excluding hydrogens is 400 g/mol. The molecule has 0 amide bonds. The molecule has 8 heteroatoms. The van der Waals surface area contributed by atoms with Gasteiger partial charge in [-0.2, -0.15) is 0 Å². The maximum Gasteiger partial charge on any atom is 0.299 e. The van der Waals surface area contributed by atoms with Gasteiger partial charge < -0.3 is 5.73 Å². The molecule has 2 N–H and O–H groups in total. The molecule has 0 spiro atoms. The fourth-order valence-corrected chi connectivity index (χ4v) is 4.02. The minimum absolute atomic E-state index is 0.149. The molecule has 0 bridgehead atoms. The van der Waals surface area contributed by atoms with Crippen LogP contribution in [0.15, 0.2) is 51.7 Å². The number of halogens is 1. The van der Waals surface area contributed by atoms with Gasteiger partial charge in [-0.1, -0.05) is 34.1 Å². The molecule has 0 saturated carbocycles. The number of nitro groups is 1. The Labute approximate surface area is 153 Å². The number of nitrogens with zero attached hydrogens (tertiary/aromatic N) is 3. The van der Waals surface area contributed by atoms with Gasteiger partial charge in [-0.25, -0.2) is 4.98 Å². The number of hydrogen-bond donors (Lipinski definition) is 1. The van der Waals surface area contributed by atoms with E-state index in [4.69, 9.17) is 5.73 Å². The minimum atomic E-state index is -0.535. The van der Waals surface area contributed by atoms with E-state index in [2.05, 4.69) is 20.9 Å². The standard InChI is InChI=1S/C18H9BrN4O3/c19-12-5-4-11-15-9(12)2-1-3-10(15)17-21-16-13(22(17)18(11)24)6-8(20)7-14(16)23(25)26/h1-7H,20H2. The summed E-state index contributed by atoms with van der Waals surface area (Å²) >= 11 is 3.51. The quantitative estimate of drug-likeness (QED) is 0.257. The molecule has 0 saturated heterocycles. The van der Waals surface area contributed by atoms with Crippen molar-refractivity contribution in [2.24, 2.45) is 0 Å². The van der Waals surface area contributed by atoms with E-state index < -0.39 is 4.92 Å². The smallest absolute Gasteiger partial charge is 0.299 e. The van der Waals surface area contributed by atoms with E-state index in [0.29, 0.717) is 16.6 Å². The average Bonchev–Trinajstić information content (AvgIpc) is 2.99. The summed E-state index contributed by atoms with van der Waals surface area (Å²) in [6.07, 6.45) is 0. The van der Waals surface area contributed by atoms with Crippen LogP contribution in [-0.2, 0) is 0 Å². The monoisotopic (exact) mass is 408 g/mol. The van der Waals surface area contributed by atoms with Gasteiger partial charge in [-0.05, 0) is 23.6 Å². The number of fused-ring (bicyclic) bond motifs is 4. The van der Waals surface area contributed by atoms with E-state index in [9.17, 15) is 14.9 Å². The second-order valence-corrected chi connectivity index (χ2v) is 6.92. The maximum absolute atomic E-state index is 13.2.